The molecule has 2 aliphatic heterocycles. The molecule has 1 unspecified atom stereocenters. The smallest absolute Gasteiger partial charge is 0.410 e. The lowest BCUT2D eigenvalue weighted by Crippen LogP contribution is -2.61. The molecule has 0 bridgehead atoms. The van der Waals surface area contributed by atoms with Crippen molar-refractivity contribution in [2.45, 2.75) is 79.0 Å². The van der Waals surface area contributed by atoms with E-state index in [-0.39, 0.29) is 40.8 Å². The molecule has 1 spiro atoms. The van der Waals surface area contributed by atoms with Crippen molar-refractivity contribution >= 4 is 12.0 Å². The highest BCUT2D eigenvalue weighted by molar-refractivity contribution is 5.97. The quantitative estimate of drug-likeness (QED) is 0.534. The fourth-order valence-electron chi connectivity index (χ4n) is 5.34. The Bertz CT molecular complexity index is 1220. The summed E-state index contributed by atoms with van der Waals surface area (Å²) < 4.78 is 26.1. The molecule has 1 aromatic heterocycles. The average molecular weight is 542 g/mol. The van der Waals surface area contributed by atoms with Crippen LogP contribution in [0, 0.1) is 18.2 Å². The Morgan fingerprint density at radius 1 is 1.23 bits per heavy atom. The number of nitrogens with zero attached hydrogens (tertiary/aromatic N) is 4. The molecular weight excluding hydrogens is 501 g/mol. The molecule has 10 heteroatoms. The van der Waals surface area contributed by atoms with Gasteiger partial charge in [-0.25, -0.2) is 19.2 Å². The number of benzene rings is 1. The van der Waals surface area contributed by atoms with Crippen LogP contribution in [0.15, 0.2) is 24.4 Å². The van der Waals surface area contributed by atoms with Gasteiger partial charge in [0.15, 0.2) is 5.75 Å². The predicted molar refractivity (Wildman–Crippen MR) is 145 cm³/mol. The van der Waals surface area contributed by atoms with E-state index in [1.54, 1.807) is 16.0 Å². The van der Waals surface area contributed by atoms with Gasteiger partial charge in [0.2, 0.25) is 0 Å². The highest BCUT2D eigenvalue weighted by atomic mass is 19.1. The van der Waals surface area contributed by atoms with Crippen molar-refractivity contribution in [1.82, 2.24) is 25.1 Å². The first-order chi connectivity index (χ1) is 18.3. The van der Waals surface area contributed by atoms with Crippen molar-refractivity contribution in [2.75, 3.05) is 26.2 Å². The lowest BCUT2D eigenvalue weighted by atomic mass is 9.65. The molecule has 9 nitrogen and oxygen atoms in total. The minimum absolute atomic E-state index is 0.0533. The molecule has 2 fully saturated rings. The van der Waals surface area contributed by atoms with Gasteiger partial charge in [0.1, 0.15) is 28.7 Å². The van der Waals surface area contributed by atoms with Gasteiger partial charge < -0.3 is 24.6 Å². The number of ether oxygens (including phenoxy) is 2. The van der Waals surface area contributed by atoms with Gasteiger partial charge in [-0.05, 0) is 79.5 Å². The van der Waals surface area contributed by atoms with Gasteiger partial charge in [-0.1, -0.05) is 0 Å². The van der Waals surface area contributed by atoms with Crippen LogP contribution in [-0.4, -0.2) is 69.6 Å². The summed E-state index contributed by atoms with van der Waals surface area (Å²) in [4.78, 5) is 38.4. The molecular formula is C29H40FN5O4. The van der Waals surface area contributed by atoms with E-state index in [1.807, 2.05) is 48.5 Å². The fourth-order valence-corrected chi connectivity index (χ4v) is 5.34. The molecule has 212 valence electrons. The molecule has 4 rings (SSSR count). The second-order valence-electron chi connectivity index (χ2n) is 11.7. The van der Waals surface area contributed by atoms with Crippen LogP contribution in [-0.2, 0) is 4.74 Å². The number of carbonyl (C=O) groups is 2. The van der Waals surface area contributed by atoms with E-state index in [9.17, 15) is 14.0 Å². The molecule has 0 radical (unpaired) electrons. The van der Waals surface area contributed by atoms with E-state index in [2.05, 4.69) is 10.3 Å². The summed E-state index contributed by atoms with van der Waals surface area (Å²) in [5, 5.41) is 3.51. The van der Waals surface area contributed by atoms with Crippen molar-refractivity contribution in [3.63, 3.8) is 0 Å². The largest absolute Gasteiger partial charge is 0.453 e. The average Bonchev–Trinajstić information content (AvgIpc) is 2.85. The maximum absolute atomic E-state index is 14.3. The molecule has 0 aliphatic carbocycles. The first kappa shape index (κ1) is 28.7. The van der Waals surface area contributed by atoms with Crippen molar-refractivity contribution in [3.8, 4) is 11.5 Å². The first-order valence-corrected chi connectivity index (χ1v) is 13.7. The number of rotatable bonds is 6. The summed E-state index contributed by atoms with van der Waals surface area (Å²) in [6, 6.07) is 3.80. The van der Waals surface area contributed by atoms with Gasteiger partial charge in [0.05, 0.1) is 17.8 Å². The molecule has 2 aliphatic rings. The van der Waals surface area contributed by atoms with E-state index in [0.717, 1.165) is 19.4 Å². The molecule has 39 heavy (non-hydrogen) atoms. The highest BCUT2D eigenvalue weighted by Crippen LogP contribution is 2.50. The normalized spacial score (nSPS) is 18.6. The maximum atomic E-state index is 14.3. The number of halogens is 1. The zero-order valence-corrected chi connectivity index (χ0v) is 24.0. The molecule has 3 heterocycles. The van der Waals surface area contributed by atoms with E-state index in [0.29, 0.717) is 36.9 Å². The minimum atomic E-state index is -0.540. The van der Waals surface area contributed by atoms with E-state index in [4.69, 9.17) is 14.5 Å². The third-order valence-corrected chi connectivity index (χ3v) is 7.48. The summed E-state index contributed by atoms with van der Waals surface area (Å²) in [6.07, 6.45) is 2.89. The second kappa shape index (κ2) is 11.1. The van der Waals surface area contributed by atoms with Crippen molar-refractivity contribution < 1.29 is 23.5 Å². The molecule has 1 aromatic carbocycles. The topological polar surface area (TPSA) is 96.9 Å². The minimum Gasteiger partial charge on any atom is -0.453 e. The Morgan fingerprint density at radius 3 is 2.49 bits per heavy atom. The number of likely N-dealkylation sites (tertiary alicyclic amines) is 1. The van der Waals surface area contributed by atoms with Gasteiger partial charge in [-0.3, -0.25) is 4.79 Å². The van der Waals surface area contributed by atoms with Crippen LogP contribution in [0.4, 0.5) is 9.18 Å². The van der Waals surface area contributed by atoms with Gasteiger partial charge in [0, 0.05) is 37.6 Å². The number of hydrogen-bond donors (Lipinski definition) is 1. The predicted octanol–water partition coefficient (Wildman–Crippen LogP) is 5.25. The van der Waals surface area contributed by atoms with Crippen LogP contribution in [0.25, 0.3) is 0 Å². The van der Waals surface area contributed by atoms with Gasteiger partial charge >= 0.3 is 6.09 Å². The second-order valence-corrected chi connectivity index (χ2v) is 11.7. The lowest BCUT2D eigenvalue weighted by molar-refractivity contribution is -0.0195. The van der Waals surface area contributed by atoms with Crippen LogP contribution in [0.3, 0.4) is 0 Å². The molecule has 2 saturated heterocycles. The summed E-state index contributed by atoms with van der Waals surface area (Å²) in [5.74, 6) is 0.452. The zero-order valence-electron chi connectivity index (χ0n) is 24.0. The number of aryl methyl sites for hydroxylation is 1. The van der Waals surface area contributed by atoms with Crippen molar-refractivity contribution in [2.24, 2.45) is 5.41 Å². The maximum Gasteiger partial charge on any atom is 0.410 e. The molecule has 2 amide bonds. The van der Waals surface area contributed by atoms with Crippen LogP contribution >= 0.6 is 0 Å². The number of carbonyl (C=O) groups excluding carboxylic acids is 2. The Morgan fingerprint density at radius 2 is 1.92 bits per heavy atom. The third kappa shape index (κ3) is 6.16. The number of piperidine rings is 1. The van der Waals surface area contributed by atoms with Crippen LogP contribution in [0.2, 0.25) is 0 Å². The van der Waals surface area contributed by atoms with Crippen molar-refractivity contribution in [3.05, 3.63) is 47.3 Å². The van der Waals surface area contributed by atoms with E-state index in [1.165, 1.54) is 18.2 Å². The molecule has 2 aromatic rings. The molecule has 1 atom stereocenters. The highest BCUT2D eigenvalue weighted by Gasteiger charge is 2.51. The Balaban J connectivity index is 1.59. The standard InChI is InChI=1S/C29H40FN5O4/c1-8-35(18(2)3)26(36)21-15-20(30)9-10-22(21)38-23-16-31-19(4)33-24(23)25-29(17-32-25)11-13-34(14-12-29)27(37)39-28(5,6)7/h9-10,15-16,18,25,32H,8,11-14,17H2,1-7H3. The summed E-state index contributed by atoms with van der Waals surface area (Å²) in [7, 11) is 0. The Kier molecular flexibility index (Phi) is 8.16. The third-order valence-electron chi connectivity index (χ3n) is 7.48. The number of amides is 2. The lowest BCUT2D eigenvalue weighted by Gasteiger charge is -2.54. The van der Waals surface area contributed by atoms with Crippen LogP contribution < -0.4 is 10.1 Å². The fraction of sp³-hybridized carbons (Fsp3) is 0.586. The Hall–Kier alpha value is -3.27. The summed E-state index contributed by atoms with van der Waals surface area (Å²) >= 11 is 0. The number of aromatic nitrogens is 2. The monoisotopic (exact) mass is 541 g/mol. The zero-order chi connectivity index (χ0) is 28.5. The number of hydrogen-bond acceptors (Lipinski definition) is 7. The van der Waals surface area contributed by atoms with Gasteiger partial charge in [-0.15, -0.1) is 0 Å². The van der Waals surface area contributed by atoms with Gasteiger partial charge in [-0.2, -0.15) is 0 Å². The number of nitrogens with one attached hydrogen (secondary N) is 1. The Labute approximate surface area is 230 Å². The molecule has 1 N–H and O–H groups in total. The van der Waals surface area contributed by atoms with E-state index >= 15 is 0 Å². The summed E-state index contributed by atoms with van der Waals surface area (Å²) in [6.45, 7) is 15.6. The van der Waals surface area contributed by atoms with Gasteiger partial charge in [0.25, 0.3) is 5.91 Å². The molecule has 0 saturated carbocycles. The SMILES string of the molecule is CCN(C(=O)c1cc(F)ccc1Oc1cnc(C)nc1C1NCC12CCN(C(=O)OC(C)(C)C)CC2)C(C)C. The van der Waals surface area contributed by atoms with Crippen LogP contribution in [0.1, 0.15) is 82.3 Å². The van der Waals surface area contributed by atoms with E-state index < -0.39 is 11.4 Å². The first-order valence-electron chi connectivity index (χ1n) is 13.7. The van der Waals surface area contributed by atoms with Crippen molar-refractivity contribution in [1.29, 1.82) is 0 Å². The van der Waals surface area contributed by atoms with Crippen LogP contribution in [0.5, 0.6) is 11.5 Å². The summed E-state index contributed by atoms with van der Waals surface area (Å²) in [5.41, 5.74) is 0.203.